The second-order valence-electron chi connectivity index (χ2n) is 3.18. The lowest BCUT2D eigenvalue weighted by Crippen LogP contribution is -2.84. The summed E-state index contributed by atoms with van der Waals surface area (Å²) >= 11 is 0. The molecular weight excluding hydrogens is 222 g/mol. The van der Waals surface area contributed by atoms with Gasteiger partial charge in [0, 0.05) is 12.0 Å². The molecule has 0 aliphatic carbocycles. The average Bonchev–Trinajstić information content (AvgIpc) is 2.16. The van der Waals surface area contributed by atoms with Crippen LogP contribution in [0.1, 0.15) is 11.1 Å². The maximum Gasteiger partial charge on any atom is 0.102 e. The molecule has 0 saturated carbocycles. The van der Waals surface area contributed by atoms with Crippen molar-refractivity contribution in [3.63, 3.8) is 0 Å². The molecule has 0 saturated heterocycles. The third-order valence-corrected chi connectivity index (χ3v) is 2.10. The Morgan fingerprint density at radius 2 is 1.53 bits per heavy atom. The molecule has 6 heteroatoms. The average molecular weight is 234 g/mol. The number of benzene rings is 1. The predicted molar refractivity (Wildman–Crippen MR) is 40.6 cm³/mol. The Morgan fingerprint density at radius 1 is 1.00 bits per heavy atom. The van der Waals surface area contributed by atoms with Crippen molar-refractivity contribution >= 4 is 0 Å². The van der Waals surface area contributed by atoms with Crippen LogP contribution in [0.4, 0.5) is 0 Å². The molecule has 0 atom stereocenters. The van der Waals surface area contributed by atoms with Gasteiger partial charge in [0.1, 0.15) is 6.54 Å². The molecule has 0 aromatic heterocycles. The van der Waals surface area contributed by atoms with Crippen LogP contribution < -0.4 is 24.0 Å². The molecule has 1 aromatic carbocycles. The molecule has 2 N–H and O–H groups in total. The van der Waals surface area contributed by atoms with Crippen LogP contribution in [0.3, 0.4) is 0 Å². The molecule has 15 heavy (non-hydrogen) atoms. The Kier molecular flexibility index (Phi) is 4.46. The Hall–Kier alpha value is -0.690. The highest BCUT2D eigenvalue weighted by atomic mass is 35.7. The van der Waals surface area contributed by atoms with Crippen molar-refractivity contribution in [2.24, 2.45) is 0 Å². The summed E-state index contributed by atoms with van der Waals surface area (Å²) in [6, 6.07) is 8.72. The third-order valence-electron chi connectivity index (χ3n) is 2.10. The van der Waals surface area contributed by atoms with Gasteiger partial charge in [0.2, 0.25) is 0 Å². The van der Waals surface area contributed by atoms with Crippen molar-refractivity contribution in [3.05, 3.63) is 35.4 Å². The second kappa shape index (κ2) is 5.41. The maximum atomic E-state index is 8.49. The lowest BCUT2D eigenvalue weighted by Gasteiger charge is -2.17. The van der Waals surface area contributed by atoms with E-state index in [1.54, 1.807) is 5.56 Å². The fourth-order valence-electron chi connectivity index (χ4n) is 1.52. The molecule has 2 rings (SSSR count). The fraction of sp³-hybridized carbons (Fsp3) is 0.333. The van der Waals surface area contributed by atoms with Crippen LogP contribution in [0.15, 0.2) is 24.3 Å². The van der Waals surface area contributed by atoms with Crippen LogP contribution in [0, 0.1) is 10.2 Å². The Bertz CT molecular complexity index is 282. The Labute approximate surface area is 89.7 Å². The predicted octanol–water partition coefficient (Wildman–Crippen LogP) is -4.45. The van der Waals surface area contributed by atoms with Gasteiger partial charge in [0.05, 0.1) is 6.54 Å². The van der Waals surface area contributed by atoms with Gasteiger partial charge in [-0.1, -0.05) is 24.3 Å². The summed E-state index contributed by atoms with van der Waals surface area (Å²) in [5.41, 5.74) is 3.07. The molecule has 0 amide bonds. The van der Waals surface area contributed by atoms with Gasteiger partial charge in [-0.25, -0.2) is 18.6 Å². The SMILES string of the molecule is [O-][Cl+3]([O-])([O-])[O-].c1ccc2c(c1)CC[NH2+]C2. The molecule has 1 aromatic rings. The zero-order valence-corrected chi connectivity index (χ0v) is 8.77. The zero-order valence-electron chi connectivity index (χ0n) is 8.02. The quantitative estimate of drug-likeness (QED) is 0.488. The van der Waals surface area contributed by atoms with E-state index in [0.717, 1.165) is 0 Å². The minimum absolute atomic E-state index is 1.18. The van der Waals surface area contributed by atoms with Crippen molar-refractivity contribution in [2.45, 2.75) is 13.0 Å². The normalized spacial score (nSPS) is 14.9. The van der Waals surface area contributed by atoms with Gasteiger partial charge in [-0.3, -0.25) is 0 Å². The lowest BCUT2D eigenvalue weighted by molar-refractivity contribution is -2.00. The molecule has 1 heterocycles. The Balaban J connectivity index is 0.000000195. The van der Waals surface area contributed by atoms with Crippen molar-refractivity contribution in [1.29, 1.82) is 0 Å². The zero-order chi connectivity index (χ0) is 11.3. The monoisotopic (exact) mass is 233 g/mol. The minimum Gasteiger partial charge on any atom is -0.342 e. The van der Waals surface area contributed by atoms with Crippen molar-refractivity contribution in [2.75, 3.05) is 6.54 Å². The van der Waals surface area contributed by atoms with Gasteiger partial charge in [0.25, 0.3) is 0 Å². The van der Waals surface area contributed by atoms with Crippen molar-refractivity contribution in [3.8, 4) is 0 Å². The minimum atomic E-state index is -4.94. The van der Waals surface area contributed by atoms with E-state index in [-0.39, 0.29) is 0 Å². The molecule has 0 fully saturated rings. The summed E-state index contributed by atoms with van der Waals surface area (Å²) in [6.45, 7) is 2.44. The summed E-state index contributed by atoms with van der Waals surface area (Å²) < 4.78 is 34.0. The second-order valence-corrected chi connectivity index (χ2v) is 3.93. The highest BCUT2D eigenvalue weighted by Gasteiger charge is 2.08. The first-order chi connectivity index (χ1) is 6.97. The topological polar surface area (TPSA) is 109 Å². The van der Waals surface area contributed by atoms with Gasteiger partial charge in [-0.15, -0.1) is 10.2 Å². The van der Waals surface area contributed by atoms with Crippen molar-refractivity contribution < 1.29 is 34.2 Å². The molecule has 1 aliphatic heterocycles. The molecular formula is C9H12ClNO4. The first kappa shape index (κ1) is 12.4. The number of rotatable bonds is 0. The number of nitrogens with two attached hydrogens (primary N) is 1. The first-order valence-electron chi connectivity index (χ1n) is 4.47. The molecule has 1 aliphatic rings. The Morgan fingerprint density at radius 3 is 2.07 bits per heavy atom. The number of halogens is 1. The first-order valence-corrected chi connectivity index (χ1v) is 5.70. The summed E-state index contributed by atoms with van der Waals surface area (Å²) in [4.78, 5) is 0. The molecule has 5 nitrogen and oxygen atoms in total. The van der Waals surface area contributed by atoms with Gasteiger partial charge < -0.3 is 5.32 Å². The summed E-state index contributed by atoms with van der Waals surface area (Å²) in [6.07, 6.45) is 1.25. The van der Waals surface area contributed by atoms with E-state index in [1.807, 2.05) is 0 Å². The van der Waals surface area contributed by atoms with Crippen LogP contribution >= 0.6 is 0 Å². The molecule has 0 bridgehead atoms. The summed E-state index contributed by atoms with van der Waals surface area (Å²) in [5, 5.41) is 2.36. The third kappa shape index (κ3) is 5.68. The van der Waals surface area contributed by atoms with Crippen LogP contribution in [0.2, 0.25) is 0 Å². The highest BCUT2D eigenvalue weighted by molar-refractivity contribution is 5.27. The highest BCUT2D eigenvalue weighted by Crippen LogP contribution is 2.08. The van der Waals surface area contributed by atoms with Crippen LogP contribution in [-0.2, 0) is 13.0 Å². The van der Waals surface area contributed by atoms with Crippen LogP contribution in [0.5, 0.6) is 0 Å². The van der Waals surface area contributed by atoms with Gasteiger partial charge >= 0.3 is 0 Å². The van der Waals surface area contributed by atoms with E-state index in [1.165, 1.54) is 25.1 Å². The lowest BCUT2D eigenvalue weighted by atomic mass is 10.0. The number of fused-ring (bicyclic) bond motifs is 1. The smallest absolute Gasteiger partial charge is 0.102 e. The van der Waals surface area contributed by atoms with Gasteiger partial charge in [0.15, 0.2) is 0 Å². The molecule has 84 valence electrons. The fourth-order valence-corrected chi connectivity index (χ4v) is 1.52. The van der Waals surface area contributed by atoms with Crippen molar-refractivity contribution in [1.82, 2.24) is 0 Å². The number of hydrogen-bond acceptors (Lipinski definition) is 4. The summed E-state index contributed by atoms with van der Waals surface area (Å²) in [5.74, 6) is 0. The number of quaternary nitrogens is 1. The standard InChI is InChI=1S/C9H11N.ClHO4/c1-2-4-9-7-10-6-5-8(9)3-1;2-1(3,4)5/h1-4,10H,5-7H2;(H,2,3,4,5). The summed E-state index contributed by atoms with van der Waals surface area (Å²) in [7, 11) is -4.94. The molecule has 0 unspecified atom stereocenters. The van der Waals surface area contributed by atoms with Crippen LogP contribution in [0.25, 0.3) is 0 Å². The van der Waals surface area contributed by atoms with E-state index < -0.39 is 10.2 Å². The molecule has 0 spiro atoms. The van der Waals surface area contributed by atoms with E-state index in [9.17, 15) is 0 Å². The van der Waals surface area contributed by atoms with Crippen LogP contribution in [-0.4, -0.2) is 6.54 Å². The molecule has 0 radical (unpaired) electrons. The van der Waals surface area contributed by atoms with E-state index in [4.69, 9.17) is 18.6 Å². The van der Waals surface area contributed by atoms with Gasteiger partial charge in [-0.2, -0.15) is 0 Å². The van der Waals surface area contributed by atoms with E-state index in [2.05, 4.69) is 29.6 Å². The van der Waals surface area contributed by atoms with E-state index in [0.29, 0.717) is 0 Å². The van der Waals surface area contributed by atoms with Gasteiger partial charge in [-0.05, 0) is 5.56 Å². The maximum absolute atomic E-state index is 8.49. The number of hydrogen-bond donors (Lipinski definition) is 1. The van der Waals surface area contributed by atoms with E-state index >= 15 is 0 Å². The largest absolute Gasteiger partial charge is 0.342 e.